The molecule has 3 rings (SSSR count). The van der Waals surface area contributed by atoms with E-state index in [1.807, 2.05) is 65.0 Å². The summed E-state index contributed by atoms with van der Waals surface area (Å²) >= 11 is 0. The number of ether oxygens (including phenoxy) is 1. The van der Waals surface area contributed by atoms with Crippen molar-refractivity contribution in [1.29, 1.82) is 0 Å². The molecule has 1 aliphatic rings. The first kappa shape index (κ1) is 21.8. The summed E-state index contributed by atoms with van der Waals surface area (Å²) in [4.78, 5) is 25.7. The minimum Gasteiger partial charge on any atom is -0.466 e. The summed E-state index contributed by atoms with van der Waals surface area (Å²) in [6, 6.07) is 11.9. The standard InChI is InChI=1S/C26H31NO3/c1-6-30-26(29)24(21-13-16(2)12-17(3)14-21)20-10-11-22(15-20)27-25(28)23-9-7-8-18(4)19(23)5/h7-14,20,22,24H,6,15H2,1-5H3,(H,27,28)/t20-,22+,24-/m0/s1. The van der Waals surface area contributed by atoms with E-state index in [2.05, 4.69) is 23.5 Å². The first-order chi connectivity index (χ1) is 14.3. The molecule has 4 heteroatoms. The SMILES string of the molecule is CCOC(=O)[C@H](c1cc(C)cc(C)c1)[C@H]1C=C[C@@H](NC(=O)c2cccc(C)c2C)C1. The van der Waals surface area contributed by atoms with Crippen molar-refractivity contribution >= 4 is 11.9 Å². The summed E-state index contributed by atoms with van der Waals surface area (Å²) in [5, 5.41) is 3.12. The van der Waals surface area contributed by atoms with Crippen LogP contribution in [-0.2, 0) is 9.53 Å². The van der Waals surface area contributed by atoms with Gasteiger partial charge in [0.1, 0.15) is 0 Å². The number of aryl methyl sites for hydroxylation is 3. The highest BCUT2D eigenvalue weighted by molar-refractivity contribution is 5.96. The fraction of sp³-hybridized carbons (Fsp3) is 0.385. The monoisotopic (exact) mass is 405 g/mol. The van der Waals surface area contributed by atoms with Crippen LogP contribution in [0.2, 0.25) is 0 Å². The highest BCUT2D eigenvalue weighted by atomic mass is 16.5. The van der Waals surface area contributed by atoms with E-state index < -0.39 is 0 Å². The van der Waals surface area contributed by atoms with Crippen molar-refractivity contribution in [3.8, 4) is 0 Å². The Balaban J connectivity index is 1.78. The Bertz CT molecular complexity index is 956. The predicted octanol–water partition coefficient (Wildman–Crippen LogP) is 4.94. The lowest BCUT2D eigenvalue weighted by molar-refractivity contribution is -0.146. The van der Waals surface area contributed by atoms with Crippen molar-refractivity contribution in [2.75, 3.05) is 6.61 Å². The second kappa shape index (κ2) is 9.29. The van der Waals surface area contributed by atoms with Gasteiger partial charge in [0.15, 0.2) is 0 Å². The summed E-state index contributed by atoms with van der Waals surface area (Å²) in [5.41, 5.74) is 6.01. The van der Waals surface area contributed by atoms with Crippen molar-refractivity contribution < 1.29 is 14.3 Å². The summed E-state index contributed by atoms with van der Waals surface area (Å²) in [6.07, 6.45) is 4.73. The van der Waals surface area contributed by atoms with Crippen molar-refractivity contribution in [3.63, 3.8) is 0 Å². The lowest BCUT2D eigenvalue weighted by Gasteiger charge is -2.23. The van der Waals surface area contributed by atoms with Crippen molar-refractivity contribution in [2.24, 2.45) is 5.92 Å². The number of hydrogen-bond acceptors (Lipinski definition) is 3. The maximum atomic E-state index is 12.8. The van der Waals surface area contributed by atoms with Gasteiger partial charge in [0.25, 0.3) is 5.91 Å². The van der Waals surface area contributed by atoms with E-state index in [9.17, 15) is 9.59 Å². The Kier molecular flexibility index (Phi) is 6.76. The highest BCUT2D eigenvalue weighted by Crippen LogP contribution is 2.35. The first-order valence-electron chi connectivity index (χ1n) is 10.6. The Labute approximate surface area is 179 Å². The van der Waals surface area contributed by atoms with Gasteiger partial charge >= 0.3 is 5.97 Å². The third kappa shape index (κ3) is 4.81. The third-order valence-electron chi connectivity index (χ3n) is 5.85. The topological polar surface area (TPSA) is 55.4 Å². The molecule has 158 valence electrons. The van der Waals surface area contributed by atoms with Gasteiger partial charge in [-0.25, -0.2) is 0 Å². The zero-order valence-electron chi connectivity index (χ0n) is 18.5. The van der Waals surface area contributed by atoms with Crippen molar-refractivity contribution in [2.45, 2.75) is 53.0 Å². The molecule has 4 nitrogen and oxygen atoms in total. The van der Waals surface area contributed by atoms with Gasteiger partial charge in [-0.2, -0.15) is 0 Å². The van der Waals surface area contributed by atoms with Crippen LogP contribution in [0, 0.1) is 33.6 Å². The Hall–Kier alpha value is -2.88. The van der Waals surface area contributed by atoms with Crippen LogP contribution in [0.25, 0.3) is 0 Å². The number of hydrogen-bond donors (Lipinski definition) is 1. The molecule has 0 aliphatic heterocycles. The van der Waals surface area contributed by atoms with Crippen LogP contribution in [0.4, 0.5) is 0 Å². The summed E-state index contributed by atoms with van der Waals surface area (Å²) < 4.78 is 5.40. The zero-order valence-corrected chi connectivity index (χ0v) is 18.5. The summed E-state index contributed by atoms with van der Waals surface area (Å²) in [6.45, 7) is 10.2. The number of amides is 1. The van der Waals surface area contributed by atoms with Crippen LogP contribution in [0.5, 0.6) is 0 Å². The minimum absolute atomic E-state index is 0.0193. The second-order valence-electron chi connectivity index (χ2n) is 8.26. The molecule has 0 unspecified atom stereocenters. The molecule has 1 amide bonds. The molecular formula is C26H31NO3. The van der Waals surface area contributed by atoms with E-state index in [0.29, 0.717) is 18.6 Å². The van der Waals surface area contributed by atoms with Gasteiger partial charge < -0.3 is 10.1 Å². The van der Waals surface area contributed by atoms with E-state index in [1.165, 1.54) is 0 Å². The third-order valence-corrected chi connectivity index (χ3v) is 5.85. The molecule has 0 aromatic heterocycles. The molecule has 0 spiro atoms. The van der Waals surface area contributed by atoms with E-state index in [4.69, 9.17) is 4.74 Å². The average Bonchev–Trinajstić information content (AvgIpc) is 3.11. The van der Waals surface area contributed by atoms with Crippen LogP contribution in [-0.4, -0.2) is 24.5 Å². The van der Waals surface area contributed by atoms with Crippen LogP contribution >= 0.6 is 0 Å². The summed E-state index contributed by atoms with van der Waals surface area (Å²) in [5.74, 6) is -0.680. The van der Waals surface area contributed by atoms with Gasteiger partial charge in [0.05, 0.1) is 12.5 Å². The van der Waals surface area contributed by atoms with E-state index in [0.717, 1.165) is 27.8 Å². The average molecular weight is 406 g/mol. The van der Waals surface area contributed by atoms with Crippen molar-refractivity contribution in [1.82, 2.24) is 5.32 Å². The maximum Gasteiger partial charge on any atom is 0.314 e. The van der Waals surface area contributed by atoms with Crippen LogP contribution in [0.1, 0.15) is 57.4 Å². The molecule has 1 aliphatic carbocycles. The van der Waals surface area contributed by atoms with Gasteiger partial charge in [-0.05, 0) is 69.7 Å². The number of allylic oxidation sites excluding steroid dienone is 1. The molecular weight excluding hydrogens is 374 g/mol. The van der Waals surface area contributed by atoms with Gasteiger partial charge in [0, 0.05) is 11.6 Å². The molecule has 2 aromatic rings. The normalized spacial score (nSPS) is 18.8. The number of carbonyl (C=O) groups excluding carboxylic acids is 2. The lowest BCUT2D eigenvalue weighted by atomic mass is 9.84. The molecule has 0 saturated carbocycles. The van der Waals surface area contributed by atoms with Gasteiger partial charge in [-0.1, -0.05) is 53.6 Å². The number of benzene rings is 2. The van der Waals surface area contributed by atoms with E-state index in [1.54, 1.807) is 0 Å². The maximum absolute atomic E-state index is 12.8. The highest BCUT2D eigenvalue weighted by Gasteiger charge is 2.34. The van der Waals surface area contributed by atoms with E-state index >= 15 is 0 Å². The minimum atomic E-state index is -0.373. The Morgan fingerprint density at radius 2 is 1.77 bits per heavy atom. The molecule has 0 radical (unpaired) electrons. The van der Waals surface area contributed by atoms with E-state index in [-0.39, 0.29) is 29.8 Å². The molecule has 0 fully saturated rings. The Morgan fingerprint density at radius 3 is 2.43 bits per heavy atom. The number of nitrogens with one attached hydrogen (secondary N) is 1. The van der Waals surface area contributed by atoms with Gasteiger partial charge in [0.2, 0.25) is 0 Å². The van der Waals surface area contributed by atoms with Gasteiger partial charge in [-0.15, -0.1) is 0 Å². The number of esters is 1. The molecule has 0 bridgehead atoms. The second-order valence-corrected chi connectivity index (χ2v) is 8.26. The van der Waals surface area contributed by atoms with Crippen molar-refractivity contribution in [3.05, 3.63) is 81.9 Å². The molecule has 1 N–H and O–H groups in total. The molecule has 30 heavy (non-hydrogen) atoms. The number of rotatable bonds is 6. The van der Waals surface area contributed by atoms with Crippen LogP contribution in [0.3, 0.4) is 0 Å². The summed E-state index contributed by atoms with van der Waals surface area (Å²) in [7, 11) is 0. The van der Waals surface area contributed by atoms with Gasteiger partial charge in [-0.3, -0.25) is 9.59 Å². The predicted molar refractivity (Wildman–Crippen MR) is 120 cm³/mol. The Morgan fingerprint density at radius 1 is 1.07 bits per heavy atom. The molecule has 3 atom stereocenters. The fourth-order valence-electron chi connectivity index (χ4n) is 4.30. The molecule has 0 heterocycles. The zero-order chi connectivity index (χ0) is 21.8. The van der Waals surface area contributed by atoms with Crippen LogP contribution in [0.15, 0.2) is 48.6 Å². The fourth-order valence-corrected chi connectivity index (χ4v) is 4.30. The molecule has 0 saturated heterocycles. The molecule has 2 aromatic carbocycles. The first-order valence-corrected chi connectivity index (χ1v) is 10.6. The smallest absolute Gasteiger partial charge is 0.314 e. The van der Waals surface area contributed by atoms with Crippen LogP contribution < -0.4 is 5.32 Å². The quantitative estimate of drug-likeness (QED) is 0.547. The largest absolute Gasteiger partial charge is 0.466 e. The lowest BCUT2D eigenvalue weighted by Crippen LogP contribution is -2.34. The number of carbonyl (C=O) groups is 2.